The van der Waals surface area contributed by atoms with Gasteiger partial charge in [-0.3, -0.25) is 0 Å². The molecule has 2 unspecified atom stereocenters. The van der Waals surface area contributed by atoms with Crippen molar-refractivity contribution in [2.45, 2.75) is 25.2 Å². The Kier molecular flexibility index (Phi) is 3.38. The smallest absolute Gasteiger partial charge is 0.382 e. The second kappa shape index (κ2) is 4.68. The summed E-state index contributed by atoms with van der Waals surface area (Å²) in [4.78, 5) is 1.59. The molecule has 0 aromatic heterocycles. The minimum absolute atomic E-state index is 0.100. The number of nitrogens with zero attached hydrogens (tertiary/aromatic N) is 1. The van der Waals surface area contributed by atoms with Crippen molar-refractivity contribution in [3.63, 3.8) is 0 Å². The third kappa shape index (κ3) is 2.53. The first kappa shape index (κ1) is 13.0. The maximum Gasteiger partial charge on any atom is 0.416 e. The van der Waals surface area contributed by atoms with Gasteiger partial charge in [0, 0.05) is 12.6 Å². The van der Waals surface area contributed by atoms with Gasteiger partial charge < -0.3 is 15.3 Å². The Labute approximate surface area is 103 Å². The fourth-order valence-electron chi connectivity index (χ4n) is 2.05. The van der Waals surface area contributed by atoms with Crippen molar-refractivity contribution in [2.75, 3.05) is 23.3 Å². The Morgan fingerprint density at radius 1 is 1.44 bits per heavy atom. The van der Waals surface area contributed by atoms with Crippen LogP contribution in [0.5, 0.6) is 0 Å². The van der Waals surface area contributed by atoms with E-state index in [0.717, 1.165) is 5.69 Å². The number of fused-ring (bicyclic) bond motifs is 1. The van der Waals surface area contributed by atoms with Crippen LogP contribution in [-0.2, 0) is 0 Å². The van der Waals surface area contributed by atoms with Gasteiger partial charge in [0.2, 0.25) is 0 Å². The summed E-state index contributed by atoms with van der Waals surface area (Å²) in [5, 5.41) is 12.3. The van der Waals surface area contributed by atoms with Crippen LogP contribution in [0.25, 0.3) is 0 Å². The molecule has 0 bridgehead atoms. The van der Waals surface area contributed by atoms with E-state index in [1.807, 2.05) is 19.1 Å². The molecule has 0 fully saturated rings. The second-order valence-electron chi connectivity index (χ2n) is 4.46. The second-order valence-corrected chi connectivity index (χ2v) is 4.46. The summed E-state index contributed by atoms with van der Waals surface area (Å²) in [7, 11) is 0. The van der Waals surface area contributed by atoms with E-state index >= 15 is 0 Å². The van der Waals surface area contributed by atoms with E-state index in [2.05, 4.69) is 5.32 Å². The molecule has 2 atom stereocenters. The molecule has 2 rings (SSSR count). The van der Waals surface area contributed by atoms with Crippen LogP contribution in [0.4, 0.5) is 24.5 Å². The fourth-order valence-corrected chi connectivity index (χ4v) is 2.05. The summed E-state index contributed by atoms with van der Waals surface area (Å²) >= 11 is 0. The Morgan fingerprint density at radius 3 is 2.78 bits per heavy atom. The van der Waals surface area contributed by atoms with Crippen molar-refractivity contribution in [3.05, 3.63) is 24.3 Å². The monoisotopic (exact) mass is 260 g/mol. The quantitative estimate of drug-likeness (QED) is 0.856. The normalized spacial score (nSPS) is 21.2. The first-order chi connectivity index (χ1) is 8.39. The summed E-state index contributed by atoms with van der Waals surface area (Å²) in [6.07, 6.45) is -6.91. The number of aliphatic hydroxyl groups excluding tert-OH is 1. The van der Waals surface area contributed by atoms with Crippen LogP contribution in [0.2, 0.25) is 0 Å². The zero-order valence-electron chi connectivity index (χ0n) is 9.91. The number of rotatable bonds is 2. The molecule has 100 valence electrons. The standard InChI is InChI=1S/C12H15F3N2O/c1-8-6-16-9-4-2-3-5-10(9)17(8)7-11(18)12(13,14)15/h2-5,8,11,16,18H,6-7H2,1H3. The number of halogens is 3. The number of anilines is 2. The third-order valence-corrected chi connectivity index (χ3v) is 3.08. The molecule has 2 N–H and O–H groups in total. The lowest BCUT2D eigenvalue weighted by Crippen LogP contribution is -2.49. The molecule has 1 aromatic rings. The molecule has 0 saturated carbocycles. The molecule has 1 aliphatic heterocycles. The van der Waals surface area contributed by atoms with Crippen LogP contribution in [0.1, 0.15) is 6.92 Å². The summed E-state index contributed by atoms with van der Waals surface area (Å²) in [5.74, 6) is 0. The molecule has 1 aliphatic rings. The largest absolute Gasteiger partial charge is 0.416 e. The van der Waals surface area contributed by atoms with Gasteiger partial charge in [-0.15, -0.1) is 0 Å². The van der Waals surface area contributed by atoms with E-state index in [0.29, 0.717) is 12.2 Å². The van der Waals surface area contributed by atoms with Gasteiger partial charge in [-0.25, -0.2) is 0 Å². The van der Waals surface area contributed by atoms with Gasteiger partial charge in [-0.1, -0.05) is 12.1 Å². The molecule has 1 aromatic carbocycles. The zero-order valence-corrected chi connectivity index (χ0v) is 9.91. The minimum atomic E-state index is -4.58. The van der Waals surface area contributed by atoms with Gasteiger partial charge in [-0.2, -0.15) is 13.2 Å². The van der Waals surface area contributed by atoms with Gasteiger partial charge in [-0.05, 0) is 19.1 Å². The lowest BCUT2D eigenvalue weighted by molar-refractivity contribution is -0.200. The topological polar surface area (TPSA) is 35.5 Å². The lowest BCUT2D eigenvalue weighted by atomic mass is 10.1. The van der Waals surface area contributed by atoms with Crippen LogP contribution in [0.3, 0.4) is 0 Å². The SMILES string of the molecule is CC1CNc2ccccc2N1CC(O)C(F)(F)F. The summed E-state index contributed by atoms with van der Waals surface area (Å²) in [6, 6.07) is 7.05. The molecule has 0 amide bonds. The maximum atomic E-state index is 12.4. The van der Waals surface area contributed by atoms with Crippen LogP contribution >= 0.6 is 0 Å². The molecule has 6 heteroatoms. The highest BCUT2D eigenvalue weighted by atomic mass is 19.4. The van der Waals surface area contributed by atoms with Crippen molar-refractivity contribution < 1.29 is 18.3 Å². The number of β-amino-alcohol motifs (C(OH)–C–C–N with tert-alkyl or cyclic N) is 1. The highest BCUT2D eigenvalue weighted by Gasteiger charge is 2.40. The van der Waals surface area contributed by atoms with Gasteiger partial charge >= 0.3 is 6.18 Å². The van der Waals surface area contributed by atoms with E-state index in [1.165, 1.54) is 0 Å². The fraction of sp³-hybridized carbons (Fsp3) is 0.500. The maximum absolute atomic E-state index is 12.4. The van der Waals surface area contributed by atoms with E-state index in [4.69, 9.17) is 0 Å². The first-order valence-electron chi connectivity index (χ1n) is 5.74. The Balaban J connectivity index is 2.22. The average Bonchev–Trinajstić information content (AvgIpc) is 2.31. The molecular formula is C12H15F3N2O. The first-order valence-corrected chi connectivity index (χ1v) is 5.74. The Morgan fingerprint density at radius 2 is 2.11 bits per heavy atom. The predicted octanol–water partition coefficient (Wildman–Crippen LogP) is 2.23. The molecule has 18 heavy (non-hydrogen) atoms. The summed E-state index contributed by atoms with van der Waals surface area (Å²) in [6.45, 7) is 1.94. The summed E-state index contributed by atoms with van der Waals surface area (Å²) in [5.41, 5.74) is 1.49. The molecule has 0 aliphatic carbocycles. The van der Waals surface area contributed by atoms with Gasteiger partial charge in [0.25, 0.3) is 0 Å². The summed E-state index contributed by atoms with van der Waals surface area (Å²) < 4.78 is 37.2. The van der Waals surface area contributed by atoms with Crippen LogP contribution in [0.15, 0.2) is 24.3 Å². The van der Waals surface area contributed by atoms with Crippen LogP contribution in [0, 0.1) is 0 Å². The van der Waals surface area contributed by atoms with Gasteiger partial charge in [0.05, 0.1) is 17.9 Å². The number of hydrogen-bond donors (Lipinski definition) is 2. The minimum Gasteiger partial charge on any atom is -0.382 e. The highest BCUT2D eigenvalue weighted by Crippen LogP contribution is 2.32. The van der Waals surface area contributed by atoms with Gasteiger partial charge in [0.1, 0.15) is 0 Å². The number of para-hydroxylation sites is 2. The van der Waals surface area contributed by atoms with Crippen LogP contribution in [-0.4, -0.2) is 36.5 Å². The van der Waals surface area contributed by atoms with Crippen LogP contribution < -0.4 is 10.2 Å². The Hall–Kier alpha value is -1.43. The third-order valence-electron chi connectivity index (χ3n) is 3.08. The number of aliphatic hydroxyl groups is 1. The molecule has 0 radical (unpaired) electrons. The molecule has 1 heterocycles. The van der Waals surface area contributed by atoms with Crippen molar-refractivity contribution in [3.8, 4) is 0 Å². The van der Waals surface area contributed by atoms with E-state index < -0.39 is 18.8 Å². The van der Waals surface area contributed by atoms with Gasteiger partial charge in [0.15, 0.2) is 6.10 Å². The number of hydrogen-bond acceptors (Lipinski definition) is 3. The molecular weight excluding hydrogens is 245 g/mol. The van der Waals surface area contributed by atoms with E-state index in [-0.39, 0.29) is 6.04 Å². The zero-order chi connectivity index (χ0) is 13.3. The number of benzene rings is 1. The highest BCUT2D eigenvalue weighted by molar-refractivity contribution is 5.72. The van der Waals surface area contributed by atoms with E-state index in [1.54, 1.807) is 17.0 Å². The van der Waals surface area contributed by atoms with Crippen molar-refractivity contribution in [2.24, 2.45) is 0 Å². The average molecular weight is 260 g/mol. The molecule has 3 nitrogen and oxygen atoms in total. The Bertz CT molecular complexity index is 422. The molecule has 0 saturated heterocycles. The van der Waals surface area contributed by atoms with Crippen molar-refractivity contribution >= 4 is 11.4 Å². The number of alkyl halides is 3. The number of nitrogens with one attached hydrogen (secondary N) is 1. The van der Waals surface area contributed by atoms with Crippen molar-refractivity contribution in [1.82, 2.24) is 0 Å². The van der Waals surface area contributed by atoms with Crippen molar-refractivity contribution in [1.29, 1.82) is 0 Å². The lowest BCUT2D eigenvalue weighted by Gasteiger charge is -2.39. The molecule has 0 spiro atoms. The predicted molar refractivity (Wildman–Crippen MR) is 63.8 cm³/mol. The van der Waals surface area contributed by atoms with E-state index in [9.17, 15) is 18.3 Å².